The molecule has 1 amide bonds. The number of carbonyl (C=O) groups is 1. The molecule has 2 fully saturated rings. The van der Waals surface area contributed by atoms with Crippen molar-refractivity contribution >= 4 is 5.91 Å². The quantitative estimate of drug-likeness (QED) is 0.802. The van der Waals surface area contributed by atoms with E-state index in [9.17, 15) is 9.90 Å². The number of nitrogens with one attached hydrogen (secondary N) is 1. The van der Waals surface area contributed by atoms with E-state index in [1.807, 2.05) is 0 Å². The van der Waals surface area contributed by atoms with Crippen molar-refractivity contribution in [3.63, 3.8) is 0 Å². The third-order valence-corrected chi connectivity index (χ3v) is 4.85. The minimum absolute atomic E-state index is 0.0158. The number of rotatable bonds is 4. The molecule has 1 aliphatic heterocycles. The normalized spacial score (nSPS) is 25.9. The van der Waals surface area contributed by atoms with Gasteiger partial charge in [-0.25, -0.2) is 0 Å². The van der Waals surface area contributed by atoms with Crippen LogP contribution in [0.4, 0.5) is 0 Å². The Labute approximate surface area is 109 Å². The maximum atomic E-state index is 12.6. The summed E-state index contributed by atoms with van der Waals surface area (Å²) in [5.41, 5.74) is -0.624. The van der Waals surface area contributed by atoms with E-state index in [0.29, 0.717) is 13.2 Å². The fraction of sp³-hybridized carbons (Fsp3) is 0.929. The standard InChI is InChI=1S/C14H25NO3/c1-2-13(5-3-4-6-13)12(17)15-14(11-16)7-9-18-10-8-14/h16H,2-11H2,1H3,(H,15,17). The zero-order valence-electron chi connectivity index (χ0n) is 11.3. The minimum atomic E-state index is -0.444. The first kappa shape index (κ1) is 13.8. The van der Waals surface area contributed by atoms with Crippen LogP contribution < -0.4 is 5.32 Å². The molecule has 0 spiro atoms. The topological polar surface area (TPSA) is 58.6 Å². The predicted molar refractivity (Wildman–Crippen MR) is 69.2 cm³/mol. The third kappa shape index (κ3) is 2.54. The highest BCUT2D eigenvalue weighted by atomic mass is 16.5. The van der Waals surface area contributed by atoms with Crippen LogP contribution in [-0.2, 0) is 9.53 Å². The van der Waals surface area contributed by atoms with Gasteiger partial charge in [-0.2, -0.15) is 0 Å². The van der Waals surface area contributed by atoms with Crippen LogP contribution in [0.15, 0.2) is 0 Å². The molecule has 104 valence electrons. The summed E-state index contributed by atoms with van der Waals surface area (Å²) in [4.78, 5) is 12.6. The Balaban J connectivity index is 2.04. The lowest BCUT2D eigenvalue weighted by Gasteiger charge is -2.39. The van der Waals surface area contributed by atoms with Crippen LogP contribution in [0.5, 0.6) is 0 Å². The Morgan fingerprint density at radius 2 is 1.83 bits per heavy atom. The number of amides is 1. The van der Waals surface area contributed by atoms with E-state index in [-0.39, 0.29) is 17.9 Å². The van der Waals surface area contributed by atoms with Gasteiger partial charge in [-0.1, -0.05) is 19.8 Å². The van der Waals surface area contributed by atoms with Gasteiger partial charge in [0.05, 0.1) is 12.1 Å². The molecule has 4 heteroatoms. The number of aliphatic hydroxyl groups excluding tert-OH is 1. The third-order valence-electron chi connectivity index (χ3n) is 4.85. The molecule has 18 heavy (non-hydrogen) atoms. The Kier molecular flexibility index (Phi) is 4.28. The smallest absolute Gasteiger partial charge is 0.226 e. The zero-order chi connectivity index (χ0) is 13.1. The second kappa shape index (κ2) is 5.57. The first-order valence-electron chi connectivity index (χ1n) is 7.18. The van der Waals surface area contributed by atoms with Crippen molar-refractivity contribution in [2.24, 2.45) is 5.41 Å². The first-order valence-corrected chi connectivity index (χ1v) is 7.18. The molecule has 2 aliphatic rings. The highest BCUT2D eigenvalue weighted by Crippen LogP contribution is 2.41. The lowest BCUT2D eigenvalue weighted by molar-refractivity contribution is -0.135. The van der Waals surface area contributed by atoms with Gasteiger partial charge in [-0.15, -0.1) is 0 Å². The Bertz CT molecular complexity index is 291. The van der Waals surface area contributed by atoms with E-state index in [0.717, 1.165) is 44.9 Å². The molecular weight excluding hydrogens is 230 g/mol. The summed E-state index contributed by atoms with van der Waals surface area (Å²) in [6, 6.07) is 0. The van der Waals surface area contributed by atoms with Gasteiger partial charge in [0.2, 0.25) is 5.91 Å². The van der Waals surface area contributed by atoms with Gasteiger partial charge in [-0.05, 0) is 32.1 Å². The maximum Gasteiger partial charge on any atom is 0.226 e. The molecule has 0 bridgehead atoms. The molecule has 0 aromatic rings. The SMILES string of the molecule is CCC1(C(=O)NC2(CO)CCOCC2)CCCC1. The fourth-order valence-corrected chi connectivity index (χ4v) is 3.25. The van der Waals surface area contributed by atoms with Crippen molar-refractivity contribution in [1.29, 1.82) is 0 Å². The fourth-order valence-electron chi connectivity index (χ4n) is 3.25. The van der Waals surface area contributed by atoms with E-state index in [4.69, 9.17) is 4.74 Å². The minimum Gasteiger partial charge on any atom is -0.394 e. The molecule has 0 aromatic carbocycles. The summed E-state index contributed by atoms with van der Waals surface area (Å²) in [5, 5.41) is 12.8. The van der Waals surface area contributed by atoms with E-state index in [1.165, 1.54) is 0 Å². The molecule has 0 atom stereocenters. The summed E-state index contributed by atoms with van der Waals surface area (Å²) in [6.07, 6.45) is 6.62. The van der Waals surface area contributed by atoms with E-state index < -0.39 is 5.54 Å². The molecule has 0 unspecified atom stereocenters. The van der Waals surface area contributed by atoms with Gasteiger partial charge in [0, 0.05) is 18.6 Å². The van der Waals surface area contributed by atoms with Gasteiger partial charge in [0.1, 0.15) is 0 Å². The van der Waals surface area contributed by atoms with Crippen LogP contribution in [-0.4, -0.2) is 36.4 Å². The largest absolute Gasteiger partial charge is 0.394 e. The Morgan fingerprint density at radius 1 is 1.22 bits per heavy atom. The molecule has 4 nitrogen and oxygen atoms in total. The van der Waals surface area contributed by atoms with Crippen LogP contribution in [0, 0.1) is 5.41 Å². The highest BCUT2D eigenvalue weighted by Gasteiger charge is 2.43. The van der Waals surface area contributed by atoms with Gasteiger partial charge < -0.3 is 15.2 Å². The predicted octanol–water partition coefficient (Wildman–Crippen LogP) is 1.61. The number of carbonyl (C=O) groups excluding carboxylic acids is 1. The second-order valence-electron chi connectivity index (χ2n) is 5.85. The molecule has 1 aliphatic carbocycles. The molecular formula is C14H25NO3. The Hall–Kier alpha value is -0.610. The maximum absolute atomic E-state index is 12.6. The van der Waals surface area contributed by atoms with Crippen molar-refractivity contribution in [2.45, 2.75) is 57.4 Å². The van der Waals surface area contributed by atoms with Gasteiger partial charge in [0.25, 0.3) is 0 Å². The van der Waals surface area contributed by atoms with Crippen molar-refractivity contribution in [3.05, 3.63) is 0 Å². The summed E-state index contributed by atoms with van der Waals surface area (Å²) in [5.74, 6) is 0.151. The van der Waals surface area contributed by atoms with Crippen LogP contribution in [0.2, 0.25) is 0 Å². The molecule has 0 radical (unpaired) electrons. The number of hydrogen-bond donors (Lipinski definition) is 2. The number of aliphatic hydroxyl groups is 1. The number of ether oxygens (including phenoxy) is 1. The number of hydrogen-bond acceptors (Lipinski definition) is 3. The van der Waals surface area contributed by atoms with Gasteiger partial charge in [0.15, 0.2) is 0 Å². The zero-order valence-corrected chi connectivity index (χ0v) is 11.3. The lowest BCUT2D eigenvalue weighted by atomic mass is 9.80. The van der Waals surface area contributed by atoms with Crippen LogP contribution >= 0.6 is 0 Å². The Morgan fingerprint density at radius 3 is 2.33 bits per heavy atom. The summed E-state index contributed by atoms with van der Waals surface area (Å²) >= 11 is 0. The van der Waals surface area contributed by atoms with E-state index >= 15 is 0 Å². The van der Waals surface area contributed by atoms with Crippen molar-refractivity contribution in [1.82, 2.24) is 5.32 Å². The average molecular weight is 255 g/mol. The summed E-state index contributed by atoms with van der Waals surface area (Å²) in [7, 11) is 0. The van der Waals surface area contributed by atoms with Crippen LogP contribution in [0.3, 0.4) is 0 Å². The lowest BCUT2D eigenvalue weighted by Crippen LogP contribution is -2.57. The highest BCUT2D eigenvalue weighted by molar-refractivity contribution is 5.83. The first-order chi connectivity index (χ1) is 8.66. The molecule has 0 aromatic heterocycles. The molecule has 1 saturated heterocycles. The van der Waals surface area contributed by atoms with Crippen LogP contribution in [0.1, 0.15) is 51.9 Å². The van der Waals surface area contributed by atoms with Crippen molar-refractivity contribution in [3.8, 4) is 0 Å². The molecule has 2 N–H and O–H groups in total. The monoisotopic (exact) mass is 255 g/mol. The summed E-state index contributed by atoms with van der Waals surface area (Å²) < 4.78 is 5.32. The van der Waals surface area contributed by atoms with Crippen molar-refractivity contribution in [2.75, 3.05) is 19.8 Å². The van der Waals surface area contributed by atoms with E-state index in [1.54, 1.807) is 0 Å². The van der Waals surface area contributed by atoms with Crippen molar-refractivity contribution < 1.29 is 14.6 Å². The van der Waals surface area contributed by atoms with Gasteiger partial charge >= 0.3 is 0 Å². The van der Waals surface area contributed by atoms with Gasteiger partial charge in [-0.3, -0.25) is 4.79 Å². The molecule has 2 rings (SSSR count). The molecule has 1 heterocycles. The second-order valence-corrected chi connectivity index (χ2v) is 5.85. The van der Waals surface area contributed by atoms with Crippen LogP contribution in [0.25, 0.3) is 0 Å². The van der Waals surface area contributed by atoms with E-state index in [2.05, 4.69) is 12.2 Å². The average Bonchev–Trinajstić information content (AvgIpc) is 2.90. The summed E-state index contributed by atoms with van der Waals surface area (Å²) in [6.45, 7) is 3.36. The molecule has 1 saturated carbocycles.